The van der Waals surface area contributed by atoms with Crippen LogP contribution in [0.4, 0.5) is 0 Å². The number of fused-ring (bicyclic) bond motifs is 2. The van der Waals surface area contributed by atoms with Crippen molar-refractivity contribution in [3.63, 3.8) is 0 Å². The van der Waals surface area contributed by atoms with Crippen LogP contribution in [0, 0.1) is 5.92 Å². The Labute approximate surface area is 139 Å². The summed E-state index contributed by atoms with van der Waals surface area (Å²) in [5.74, 6) is 0.634. The van der Waals surface area contributed by atoms with E-state index < -0.39 is 0 Å². The summed E-state index contributed by atoms with van der Waals surface area (Å²) in [7, 11) is 0. The van der Waals surface area contributed by atoms with E-state index >= 15 is 0 Å². The summed E-state index contributed by atoms with van der Waals surface area (Å²) in [6.07, 6.45) is 8.40. The minimum absolute atomic E-state index is 0.0569. The van der Waals surface area contributed by atoms with Crippen molar-refractivity contribution < 1.29 is 4.79 Å². The zero-order valence-electron chi connectivity index (χ0n) is 12.3. The zero-order chi connectivity index (χ0) is 14.5. The summed E-state index contributed by atoms with van der Waals surface area (Å²) in [6.45, 7) is 6.73. The van der Waals surface area contributed by atoms with Crippen LogP contribution in [0.15, 0.2) is 32.5 Å². The number of thioether (sulfide) groups is 1. The first-order chi connectivity index (χ1) is 9.44. The van der Waals surface area contributed by atoms with Crippen molar-refractivity contribution >= 4 is 40.1 Å². The second kappa shape index (κ2) is 5.31. The number of ketones is 1. The van der Waals surface area contributed by atoms with Crippen molar-refractivity contribution in [2.24, 2.45) is 5.92 Å². The molecule has 0 aromatic carbocycles. The molecule has 2 unspecified atom stereocenters. The smallest absolute Gasteiger partial charge is 0.164 e. The highest BCUT2D eigenvalue weighted by atomic mass is 127. The number of rotatable bonds is 2. The number of carbonyl (C=O) groups is 1. The predicted octanol–water partition coefficient (Wildman–Crippen LogP) is 5.22. The van der Waals surface area contributed by atoms with E-state index in [0.717, 1.165) is 31.3 Å². The highest BCUT2D eigenvalue weighted by Gasteiger charge is 2.54. The third-order valence-corrected chi connectivity index (χ3v) is 7.00. The second-order valence-corrected chi connectivity index (χ2v) is 9.72. The highest BCUT2D eigenvalue weighted by Crippen LogP contribution is 2.59. The van der Waals surface area contributed by atoms with Gasteiger partial charge in [0.1, 0.15) is 0 Å². The largest absolute Gasteiger partial charge is 0.294 e. The van der Waals surface area contributed by atoms with Crippen LogP contribution in [0.5, 0.6) is 0 Å². The van der Waals surface area contributed by atoms with E-state index in [9.17, 15) is 4.79 Å². The molecule has 0 saturated carbocycles. The molecule has 0 heterocycles. The van der Waals surface area contributed by atoms with E-state index in [1.807, 2.05) is 11.8 Å². The molecule has 3 heteroatoms. The summed E-state index contributed by atoms with van der Waals surface area (Å²) < 4.78 is 1.49. The lowest BCUT2D eigenvalue weighted by Crippen LogP contribution is -2.39. The van der Waals surface area contributed by atoms with Crippen molar-refractivity contribution in [1.29, 1.82) is 0 Å². The Kier molecular flexibility index (Phi) is 3.95. The van der Waals surface area contributed by atoms with Gasteiger partial charge in [-0.25, -0.2) is 0 Å². The Morgan fingerprint density at radius 3 is 2.85 bits per heavy atom. The summed E-state index contributed by atoms with van der Waals surface area (Å²) in [5, 5.41) is 0.561. The van der Waals surface area contributed by atoms with Crippen LogP contribution >= 0.6 is 34.4 Å². The number of Topliss-reactive ketones (excluding diaryl/α,β-unsaturated/α-hetero) is 1. The fourth-order valence-electron chi connectivity index (χ4n) is 3.86. The first kappa shape index (κ1) is 14.9. The number of carbonyl (C=O) groups excluding carboxylic acids is 1. The summed E-state index contributed by atoms with van der Waals surface area (Å²) in [6, 6.07) is 0. The molecule has 0 amide bonds. The van der Waals surface area contributed by atoms with Gasteiger partial charge in [0.15, 0.2) is 5.78 Å². The Balaban J connectivity index is 2.08. The first-order valence-electron chi connectivity index (χ1n) is 7.38. The van der Waals surface area contributed by atoms with Gasteiger partial charge in [-0.05, 0) is 69.6 Å². The van der Waals surface area contributed by atoms with Gasteiger partial charge >= 0.3 is 0 Å². The lowest BCUT2D eigenvalue weighted by molar-refractivity contribution is -0.118. The molecule has 0 aliphatic heterocycles. The van der Waals surface area contributed by atoms with Crippen LogP contribution in [0.25, 0.3) is 0 Å². The van der Waals surface area contributed by atoms with Crippen LogP contribution in [0.1, 0.15) is 46.5 Å². The van der Waals surface area contributed by atoms with Crippen LogP contribution in [0.2, 0.25) is 0 Å². The van der Waals surface area contributed by atoms with E-state index in [0.29, 0.717) is 11.0 Å². The summed E-state index contributed by atoms with van der Waals surface area (Å²) >= 11 is 4.50. The molecule has 0 spiro atoms. The molecule has 2 atom stereocenters. The summed E-state index contributed by atoms with van der Waals surface area (Å²) in [5.41, 5.74) is 4.05. The molecule has 20 heavy (non-hydrogen) atoms. The molecule has 108 valence electrons. The third-order valence-electron chi connectivity index (χ3n) is 4.61. The Morgan fingerprint density at radius 1 is 1.40 bits per heavy atom. The fourth-order valence-corrected chi connectivity index (χ4v) is 6.76. The maximum absolute atomic E-state index is 12.8. The van der Waals surface area contributed by atoms with Gasteiger partial charge in [-0.15, -0.1) is 11.8 Å². The van der Waals surface area contributed by atoms with Crippen LogP contribution < -0.4 is 0 Å². The molecule has 0 bridgehead atoms. The number of allylic oxidation sites excluding steroid dienone is 5. The quantitative estimate of drug-likeness (QED) is 0.467. The van der Waals surface area contributed by atoms with E-state index in [4.69, 9.17) is 0 Å². The Morgan fingerprint density at radius 2 is 2.15 bits per heavy atom. The lowest BCUT2D eigenvalue weighted by Gasteiger charge is -2.41. The minimum atomic E-state index is 0.0569. The SMILES string of the molecule is CC1=CCC2=C(C1)C1(SC(C)C)CC(I)=CCC1C2=O. The van der Waals surface area contributed by atoms with Gasteiger partial charge in [0, 0.05) is 11.5 Å². The van der Waals surface area contributed by atoms with Gasteiger partial charge in [-0.1, -0.05) is 31.6 Å². The van der Waals surface area contributed by atoms with E-state index in [1.165, 1.54) is 14.7 Å². The predicted molar refractivity (Wildman–Crippen MR) is 95.3 cm³/mol. The van der Waals surface area contributed by atoms with Crippen molar-refractivity contribution in [1.82, 2.24) is 0 Å². The topological polar surface area (TPSA) is 17.1 Å². The van der Waals surface area contributed by atoms with Crippen LogP contribution in [-0.2, 0) is 4.79 Å². The van der Waals surface area contributed by atoms with Gasteiger partial charge in [0.2, 0.25) is 0 Å². The number of hydrogen-bond acceptors (Lipinski definition) is 2. The standard InChI is InChI=1S/C17H21IOS/c1-10(2)20-17-9-12(18)5-7-14(17)16(19)13-6-4-11(3)8-15(13)17/h4-5,10,14H,6-9H2,1-3H3. The number of hydrogen-bond donors (Lipinski definition) is 0. The van der Waals surface area contributed by atoms with Gasteiger partial charge in [-0.3, -0.25) is 4.79 Å². The maximum atomic E-state index is 12.8. The molecule has 0 N–H and O–H groups in total. The molecule has 0 radical (unpaired) electrons. The summed E-state index contributed by atoms with van der Waals surface area (Å²) in [4.78, 5) is 12.8. The van der Waals surface area contributed by atoms with Gasteiger partial charge in [0.05, 0.1) is 4.75 Å². The van der Waals surface area contributed by atoms with Gasteiger partial charge < -0.3 is 0 Å². The molecule has 1 nitrogen and oxygen atoms in total. The molecular formula is C17H21IOS. The molecule has 3 aliphatic rings. The maximum Gasteiger partial charge on any atom is 0.164 e. The molecule has 3 aliphatic carbocycles. The van der Waals surface area contributed by atoms with Crippen molar-refractivity contribution in [3.8, 4) is 0 Å². The third kappa shape index (κ3) is 2.25. The monoisotopic (exact) mass is 400 g/mol. The van der Waals surface area contributed by atoms with Crippen molar-refractivity contribution in [2.75, 3.05) is 0 Å². The van der Waals surface area contributed by atoms with Crippen molar-refractivity contribution in [3.05, 3.63) is 32.5 Å². The van der Waals surface area contributed by atoms with E-state index in [-0.39, 0.29) is 10.7 Å². The Hall–Kier alpha value is -0.0300. The first-order valence-corrected chi connectivity index (χ1v) is 9.34. The average Bonchev–Trinajstić information content (AvgIpc) is 2.58. The molecule has 3 rings (SSSR count). The minimum Gasteiger partial charge on any atom is -0.294 e. The second-order valence-electron chi connectivity index (χ2n) is 6.42. The Bertz CT molecular complexity index is 555. The molecule has 0 saturated heterocycles. The van der Waals surface area contributed by atoms with E-state index in [1.54, 1.807) is 0 Å². The van der Waals surface area contributed by atoms with Crippen molar-refractivity contribution in [2.45, 2.75) is 56.5 Å². The molecular weight excluding hydrogens is 379 g/mol. The van der Waals surface area contributed by atoms with Gasteiger partial charge in [0.25, 0.3) is 0 Å². The van der Waals surface area contributed by atoms with Crippen LogP contribution in [-0.4, -0.2) is 15.8 Å². The molecule has 0 aromatic rings. The molecule has 0 fully saturated rings. The van der Waals surface area contributed by atoms with E-state index in [2.05, 4.69) is 55.5 Å². The van der Waals surface area contributed by atoms with Gasteiger partial charge in [-0.2, -0.15) is 0 Å². The van der Waals surface area contributed by atoms with Crippen LogP contribution in [0.3, 0.4) is 0 Å². The highest BCUT2D eigenvalue weighted by molar-refractivity contribution is 14.1. The lowest BCUT2D eigenvalue weighted by atomic mass is 9.79. The number of halogens is 1. The normalized spacial score (nSPS) is 33.0. The average molecular weight is 400 g/mol. The fraction of sp³-hybridized carbons (Fsp3) is 0.588. The zero-order valence-corrected chi connectivity index (χ0v) is 15.3. The molecule has 0 aromatic heterocycles.